The van der Waals surface area contributed by atoms with Gasteiger partial charge in [-0.05, 0) is 23.8 Å². The van der Waals surface area contributed by atoms with Gasteiger partial charge in [0.2, 0.25) is 0 Å². The molecule has 0 amide bonds. The summed E-state index contributed by atoms with van der Waals surface area (Å²) in [5.41, 5.74) is 1.73. The summed E-state index contributed by atoms with van der Waals surface area (Å²) in [4.78, 5) is 4.15. The molecule has 2 rings (SSSR count). The number of rotatable bonds is 3. The van der Waals surface area contributed by atoms with Gasteiger partial charge in [-0.2, -0.15) is 0 Å². The van der Waals surface area contributed by atoms with Crippen molar-refractivity contribution in [3.05, 3.63) is 36.5 Å². The van der Waals surface area contributed by atoms with E-state index in [0.29, 0.717) is 11.6 Å². The molecule has 0 bridgehead atoms. The third-order valence-electron chi connectivity index (χ3n) is 2.41. The predicted octanol–water partition coefficient (Wildman–Crippen LogP) is 2.47. The van der Waals surface area contributed by atoms with Crippen molar-refractivity contribution >= 4 is 0 Å². The first-order chi connectivity index (χ1) is 8.24. The van der Waals surface area contributed by atoms with Gasteiger partial charge < -0.3 is 14.6 Å². The molecule has 4 nitrogen and oxygen atoms in total. The number of ether oxygens (including phenoxy) is 2. The van der Waals surface area contributed by atoms with E-state index < -0.39 is 0 Å². The maximum absolute atomic E-state index is 9.43. The van der Waals surface area contributed by atoms with Gasteiger partial charge in [-0.1, -0.05) is 12.1 Å². The average molecular weight is 231 g/mol. The molecule has 1 aromatic carbocycles. The molecule has 0 spiro atoms. The van der Waals surface area contributed by atoms with Gasteiger partial charge in [-0.3, -0.25) is 0 Å². The third kappa shape index (κ3) is 2.30. The zero-order valence-corrected chi connectivity index (χ0v) is 9.68. The van der Waals surface area contributed by atoms with Gasteiger partial charge in [0.25, 0.3) is 5.88 Å². The minimum atomic E-state index is 0.220. The lowest BCUT2D eigenvalue weighted by molar-refractivity contribution is 0.343. The van der Waals surface area contributed by atoms with Crippen molar-refractivity contribution in [2.45, 2.75) is 0 Å². The van der Waals surface area contributed by atoms with E-state index in [-0.39, 0.29) is 5.75 Å². The Labute approximate surface area is 99.5 Å². The minimum Gasteiger partial charge on any atom is -0.508 e. The first-order valence-electron chi connectivity index (χ1n) is 5.12. The average Bonchev–Trinajstić information content (AvgIpc) is 2.38. The van der Waals surface area contributed by atoms with E-state index >= 15 is 0 Å². The highest BCUT2D eigenvalue weighted by molar-refractivity contribution is 5.66. The second kappa shape index (κ2) is 4.74. The zero-order chi connectivity index (χ0) is 12.3. The molecule has 1 aromatic heterocycles. The maximum atomic E-state index is 9.43. The number of phenolic OH excluding ortho intramolecular Hbond substituents is 1. The number of aromatic nitrogens is 1. The second-order valence-corrected chi connectivity index (χ2v) is 3.49. The maximum Gasteiger partial charge on any atom is 0.256 e. The summed E-state index contributed by atoms with van der Waals surface area (Å²) in [5, 5.41) is 9.43. The summed E-state index contributed by atoms with van der Waals surface area (Å²) in [6.07, 6.45) is 1.68. The zero-order valence-electron chi connectivity index (χ0n) is 9.68. The smallest absolute Gasteiger partial charge is 0.256 e. The number of hydrogen-bond acceptors (Lipinski definition) is 4. The standard InChI is InChI=1S/C13H13NO3/c1-16-12-7-10(8-14-13(12)17-2)9-4-3-5-11(15)6-9/h3-8,15H,1-2H3. The second-order valence-electron chi connectivity index (χ2n) is 3.49. The SMILES string of the molecule is COc1cc(-c2cccc(O)c2)cnc1OC. The lowest BCUT2D eigenvalue weighted by Crippen LogP contribution is -1.93. The Bertz CT molecular complexity index is 526. The molecule has 4 heteroatoms. The van der Waals surface area contributed by atoms with Crippen LogP contribution in [-0.2, 0) is 0 Å². The van der Waals surface area contributed by atoms with Crippen LogP contribution in [0.1, 0.15) is 0 Å². The Morgan fingerprint density at radius 1 is 1.06 bits per heavy atom. The molecule has 0 aliphatic heterocycles. The Kier molecular flexibility index (Phi) is 3.14. The number of nitrogens with zero attached hydrogens (tertiary/aromatic N) is 1. The molecular formula is C13H13NO3. The van der Waals surface area contributed by atoms with Crippen molar-refractivity contribution in [3.63, 3.8) is 0 Å². The fourth-order valence-corrected chi connectivity index (χ4v) is 1.57. The molecule has 88 valence electrons. The number of methoxy groups -OCH3 is 2. The molecular weight excluding hydrogens is 218 g/mol. The van der Waals surface area contributed by atoms with Gasteiger partial charge in [0.1, 0.15) is 5.75 Å². The minimum absolute atomic E-state index is 0.220. The van der Waals surface area contributed by atoms with Crippen LogP contribution >= 0.6 is 0 Å². The Balaban J connectivity index is 2.46. The van der Waals surface area contributed by atoms with Crippen LogP contribution < -0.4 is 9.47 Å². The molecule has 0 saturated carbocycles. The van der Waals surface area contributed by atoms with E-state index in [1.165, 1.54) is 0 Å². The van der Waals surface area contributed by atoms with Crippen LogP contribution in [0.25, 0.3) is 11.1 Å². The molecule has 0 fully saturated rings. The fraction of sp³-hybridized carbons (Fsp3) is 0.154. The molecule has 1 N–H and O–H groups in total. The normalized spacial score (nSPS) is 10.0. The van der Waals surface area contributed by atoms with Gasteiger partial charge in [-0.15, -0.1) is 0 Å². The number of pyridine rings is 1. The summed E-state index contributed by atoms with van der Waals surface area (Å²) < 4.78 is 10.2. The number of hydrogen-bond donors (Lipinski definition) is 1. The summed E-state index contributed by atoms with van der Waals surface area (Å²) in [7, 11) is 3.10. The van der Waals surface area contributed by atoms with Crippen molar-refractivity contribution in [3.8, 4) is 28.5 Å². The van der Waals surface area contributed by atoms with Crippen LogP contribution in [0.2, 0.25) is 0 Å². The molecule has 0 saturated heterocycles. The van der Waals surface area contributed by atoms with E-state index in [2.05, 4.69) is 4.98 Å². The highest BCUT2D eigenvalue weighted by atomic mass is 16.5. The van der Waals surface area contributed by atoms with Crippen LogP contribution in [0.15, 0.2) is 36.5 Å². The van der Waals surface area contributed by atoms with Gasteiger partial charge in [-0.25, -0.2) is 4.98 Å². The summed E-state index contributed by atoms with van der Waals surface area (Å²) in [6.45, 7) is 0. The predicted molar refractivity (Wildman–Crippen MR) is 64.4 cm³/mol. The molecule has 2 aromatic rings. The van der Waals surface area contributed by atoms with Crippen LogP contribution in [0.5, 0.6) is 17.4 Å². The van der Waals surface area contributed by atoms with Crippen molar-refractivity contribution in [2.75, 3.05) is 14.2 Å². The van der Waals surface area contributed by atoms with E-state index in [0.717, 1.165) is 11.1 Å². The summed E-state index contributed by atoms with van der Waals surface area (Å²) in [6, 6.07) is 8.78. The number of benzene rings is 1. The highest BCUT2D eigenvalue weighted by Gasteiger charge is 2.07. The van der Waals surface area contributed by atoms with Crippen LogP contribution in [0.4, 0.5) is 0 Å². The molecule has 17 heavy (non-hydrogen) atoms. The van der Waals surface area contributed by atoms with Gasteiger partial charge in [0.15, 0.2) is 5.75 Å². The first-order valence-corrected chi connectivity index (χ1v) is 5.12. The van der Waals surface area contributed by atoms with Crippen LogP contribution in [0, 0.1) is 0 Å². The van der Waals surface area contributed by atoms with Crippen molar-refractivity contribution in [1.82, 2.24) is 4.98 Å². The van der Waals surface area contributed by atoms with Gasteiger partial charge >= 0.3 is 0 Å². The topological polar surface area (TPSA) is 51.6 Å². The van der Waals surface area contributed by atoms with Crippen LogP contribution in [0.3, 0.4) is 0 Å². The van der Waals surface area contributed by atoms with Gasteiger partial charge in [0, 0.05) is 11.8 Å². The third-order valence-corrected chi connectivity index (χ3v) is 2.41. The largest absolute Gasteiger partial charge is 0.508 e. The Morgan fingerprint density at radius 2 is 1.88 bits per heavy atom. The van der Waals surface area contributed by atoms with Crippen molar-refractivity contribution < 1.29 is 14.6 Å². The molecule has 0 unspecified atom stereocenters. The van der Waals surface area contributed by atoms with Crippen molar-refractivity contribution in [1.29, 1.82) is 0 Å². The quantitative estimate of drug-likeness (QED) is 0.881. The summed E-state index contributed by atoms with van der Waals surface area (Å²) >= 11 is 0. The molecule has 0 aliphatic rings. The molecule has 0 aliphatic carbocycles. The summed E-state index contributed by atoms with van der Waals surface area (Å²) in [5.74, 6) is 1.22. The van der Waals surface area contributed by atoms with Crippen molar-refractivity contribution in [2.24, 2.45) is 0 Å². The monoisotopic (exact) mass is 231 g/mol. The van der Waals surface area contributed by atoms with Gasteiger partial charge in [0.05, 0.1) is 14.2 Å². The first kappa shape index (κ1) is 11.3. The lowest BCUT2D eigenvalue weighted by atomic mass is 10.1. The Morgan fingerprint density at radius 3 is 2.53 bits per heavy atom. The van der Waals surface area contributed by atoms with E-state index in [9.17, 15) is 5.11 Å². The lowest BCUT2D eigenvalue weighted by Gasteiger charge is -2.08. The molecule has 1 heterocycles. The number of aromatic hydroxyl groups is 1. The van der Waals surface area contributed by atoms with E-state index in [1.807, 2.05) is 12.1 Å². The molecule has 0 radical (unpaired) electrons. The Hall–Kier alpha value is -2.23. The van der Waals surface area contributed by atoms with E-state index in [4.69, 9.17) is 9.47 Å². The molecule has 0 atom stereocenters. The van der Waals surface area contributed by atoms with E-state index in [1.54, 1.807) is 38.6 Å². The fourth-order valence-electron chi connectivity index (χ4n) is 1.57. The highest BCUT2D eigenvalue weighted by Crippen LogP contribution is 2.30. The number of phenols is 1. The van der Waals surface area contributed by atoms with Crippen LogP contribution in [-0.4, -0.2) is 24.3 Å².